The molecule has 0 spiro atoms. The smallest absolute Gasteiger partial charge is 0.338 e. The van der Waals surface area contributed by atoms with Crippen LogP contribution in [0.3, 0.4) is 0 Å². The summed E-state index contributed by atoms with van der Waals surface area (Å²) in [5.74, 6) is -0.808. The van der Waals surface area contributed by atoms with Crippen molar-refractivity contribution in [3.8, 4) is 6.07 Å². The molecule has 0 fully saturated rings. The van der Waals surface area contributed by atoms with Gasteiger partial charge >= 0.3 is 5.97 Å². The summed E-state index contributed by atoms with van der Waals surface area (Å²) in [7, 11) is 1.81. The van der Waals surface area contributed by atoms with Gasteiger partial charge in [-0.1, -0.05) is 0 Å². The molecular weight excluding hydrogens is 296 g/mol. The van der Waals surface area contributed by atoms with Gasteiger partial charge in [-0.2, -0.15) is 10.4 Å². The van der Waals surface area contributed by atoms with E-state index in [1.807, 2.05) is 20.9 Å². The molecule has 2 rings (SSSR count). The first-order valence-electron chi connectivity index (χ1n) is 7.29. The lowest BCUT2D eigenvalue weighted by Crippen LogP contribution is -2.26. The third kappa shape index (κ3) is 2.68. The highest BCUT2D eigenvalue weighted by Gasteiger charge is 2.38. The van der Waals surface area contributed by atoms with Crippen molar-refractivity contribution in [2.45, 2.75) is 33.6 Å². The fourth-order valence-electron chi connectivity index (χ4n) is 2.85. The molecule has 122 valence electrons. The van der Waals surface area contributed by atoms with E-state index >= 15 is 0 Å². The monoisotopic (exact) mass is 316 g/mol. The molecule has 7 nitrogen and oxygen atoms in total. The van der Waals surface area contributed by atoms with Gasteiger partial charge in [-0.25, -0.2) is 4.79 Å². The third-order valence-corrected chi connectivity index (χ3v) is 3.95. The summed E-state index contributed by atoms with van der Waals surface area (Å²) in [6, 6.07) is 2.06. The second-order valence-electron chi connectivity index (χ2n) is 5.32. The Morgan fingerprint density at radius 3 is 2.61 bits per heavy atom. The van der Waals surface area contributed by atoms with Crippen LogP contribution in [0.15, 0.2) is 22.8 Å². The number of carbonyl (C=O) groups excluding carboxylic acids is 1. The van der Waals surface area contributed by atoms with Crippen molar-refractivity contribution in [2.75, 3.05) is 6.61 Å². The molecule has 1 unspecified atom stereocenters. The zero-order valence-electron chi connectivity index (χ0n) is 13.9. The molecule has 1 aliphatic heterocycles. The molecule has 2 heterocycles. The van der Waals surface area contributed by atoms with Gasteiger partial charge in [0.15, 0.2) is 0 Å². The number of nitrogens with two attached hydrogens (primary N) is 1. The number of ether oxygens (including phenoxy) is 2. The van der Waals surface area contributed by atoms with Gasteiger partial charge < -0.3 is 15.2 Å². The van der Waals surface area contributed by atoms with Crippen LogP contribution >= 0.6 is 0 Å². The van der Waals surface area contributed by atoms with Crippen LogP contribution in [0.5, 0.6) is 0 Å². The van der Waals surface area contributed by atoms with Crippen LogP contribution in [-0.4, -0.2) is 22.4 Å². The molecule has 0 saturated heterocycles. The van der Waals surface area contributed by atoms with Crippen LogP contribution in [0.4, 0.5) is 0 Å². The molecule has 0 radical (unpaired) electrons. The number of aromatic nitrogens is 2. The third-order valence-electron chi connectivity index (χ3n) is 3.95. The number of allylic oxidation sites excluding steroid dienone is 2. The van der Waals surface area contributed by atoms with E-state index in [0.29, 0.717) is 5.76 Å². The molecule has 1 atom stereocenters. The number of hydrogen-bond donors (Lipinski definition) is 1. The van der Waals surface area contributed by atoms with E-state index in [-0.39, 0.29) is 23.6 Å². The summed E-state index contributed by atoms with van der Waals surface area (Å²) < 4.78 is 12.2. The maximum Gasteiger partial charge on any atom is 0.338 e. The maximum absolute atomic E-state index is 12.4. The van der Waals surface area contributed by atoms with Gasteiger partial charge in [0, 0.05) is 18.3 Å². The molecular formula is C16H20N4O3. The Hall–Kier alpha value is -2.75. The summed E-state index contributed by atoms with van der Waals surface area (Å²) in [4.78, 5) is 12.4. The quantitative estimate of drug-likeness (QED) is 0.851. The van der Waals surface area contributed by atoms with Crippen LogP contribution in [0.25, 0.3) is 0 Å². The molecule has 23 heavy (non-hydrogen) atoms. The number of aryl methyl sites for hydroxylation is 2. The maximum atomic E-state index is 12.4. The zero-order chi connectivity index (χ0) is 17.3. The topological polar surface area (TPSA) is 103 Å². The van der Waals surface area contributed by atoms with Gasteiger partial charge in [0.05, 0.1) is 23.8 Å². The number of nitriles is 1. The largest absolute Gasteiger partial charge is 0.463 e. The average Bonchev–Trinajstić information content (AvgIpc) is 2.71. The predicted octanol–water partition coefficient (Wildman–Crippen LogP) is 1.68. The van der Waals surface area contributed by atoms with Crippen LogP contribution in [0.2, 0.25) is 0 Å². The van der Waals surface area contributed by atoms with Crippen LogP contribution in [0.1, 0.15) is 36.7 Å². The molecule has 0 amide bonds. The van der Waals surface area contributed by atoms with Crippen molar-refractivity contribution >= 4 is 5.97 Å². The molecule has 7 heteroatoms. The molecule has 1 aromatic heterocycles. The highest BCUT2D eigenvalue weighted by molar-refractivity contribution is 5.92. The average molecular weight is 316 g/mol. The minimum absolute atomic E-state index is 0.00528. The Labute approximate surface area is 135 Å². The van der Waals surface area contributed by atoms with Gasteiger partial charge in [0.25, 0.3) is 0 Å². The number of esters is 1. The Morgan fingerprint density at radius 1 is 1.48 bits per heavy atom. The highest BCUT2D eigenvalue weighted by Crippen LogP contribution is 2.41. The normalized spacial score (nSPS) is 17.8. The lowest BCUT2D eigenvalue weighted by molar-refractivity contribution is -0.139. The molecule has 0 bridgehead atoms. The standard InChI is InChI=1S/C16H20N4O3/c1-6-22-16(21)13-10(4)23-15(18)11(7-17)14(13)12-8(2)19-20(5)9(12)3/h14H,6,18H2,1-5H3. The second-order valence-corrected chi connectivity index (χ2v) is 5.32. The predicted molar refractivity (Wildman–Crippen MR) is 82.7 cm³/mol. The van der Waals surface area contributed by atoms with Crippen molar-refractivity contribution < 1.29 is 14.3 Å². The van der Waals surface area contributed by atoms with Crippen molar-refractivity contribution in [1.29, 1.82) is 5.26 Å². The lowest BCUT2D eigenvalue weighted by Gasteiger charge is -2.27. The van der Waals surface area contributed by atoms with Gasteiger partial charge in [-0.05, 0) is 27.7 Å². The van der Waals surface area contributed by atoms with Crippen molar-refractivity contribution in [3.63, 3.8) is 0 Å². The zero-order valence-corrected chi connectivity index (χ0v) is 13.9. The molecule has 0 aliphatic carbocycles. The van der Waals surface area contributed by atoms with E-state index in [1.165, 1.54) is 0 Å². The van der Waals surface area contributed by atoms with Gasteiger partial charge in [0.1, 0.15) is 17.4 Å². The van der Waals surface area contributed by atoms with Gasteiger partial charge in [0.2, 0.25) is 5.88 Å². The summed E-state index contributed by atoms with van der Waals surface area (Å²) >= 11 is 0. The molecule has 1 aromatic rings. The molecule has 1 aliphatic rings. The highest BCUT2D eigenvalue weighted by atomic mass is 16.5. The van der Waals surface area contributed by atoms with E-state index < -0.39 is 11.9 Å². The Bertz CT molecular complexity index is 765. The fourth-order valence-corrected chi connectivity index (χ4v) is 2.85. The van der Waals surface area contributed by atoms with E-state index in [0.717, 1.165) is 17.0 Å². The van der Waals surface area contributed by atoms with Crippen molar-refractivity contribution in [1.82, 2.24) is 9.78 Å². The second kappa shape index (κ2) is 6.16. The summed E-state index contributed by atoms with van der Waals surface area (Å²) in [5.41, 5.74) is 8.71. The SMILES string of the molecule is CCOC(=O)C1=C(C)OC(N)=C(C#N)C1c1c(C)nn(C)c1C. The number of nitrogens with zero attached hydrogens (tertiary/aromatic N) is 3. The number of hydrogen-bond acceptors (Lipinski definition) is 6. The van der Waals surface area contributed by atoms with E-state index in [9.17, 15) is 10.1 Å². The minimum atomic E-state index is -0.638. The van der Waals surface area contributed by atoms with Gasteiger partial charge in [-0.15, -0.1) is 0 Å². The first-order valence-corrected chi connectivity index (χ1v) is 7.29. The summed E-state index contributed by atoms with van der Waals surface area (Å²) in [5, 5.41) is 13.9. The first kappa shape index (κ1) is 16.6. The molecule has 2 N–H and O–H groups in total. The molecule has 0 aromatic carbocycles. The van der Waals surface area contributed by atoms with Crippen LogP contribution in [0, 0.1) is 25.2 Å². The van der Waals surface area contributed by atoms with Crippen molar-refractivity contribution in [2.24, 2.45) is 12.8 Å². The minimum Gasteiger partial charge on any atom is -0.463 e. The van der Waals surface area contributed by atoms with Crippen LogP contribution < -0.4 is 5.73 Å². The van der Waals surface area contributed by atoms with E-state index in [1.54, 1.807) is 18.5 Å². The van der Waals surface area contributed by atoms with Crippen LogP contribution in [-0.2, 0) is 21.3 Å². The number of rotatable bonds is 3. The van der Waals surface area contributed by atoms with E-state index in [2.05, 4.69) is 11.2 Å². The Morgan fingerprint density at radius 2 is 2.13 bits per heavy atom. The van der Waals surface area contributed by atoms with Gasteiger partial charge in [-0.3, -0.25) is 4.68 Å². The van der Waals surface area contributed by atoms with E-state index in [4.69, 9.17) is 15.2 Å². The first-order chi connectivity index (χ1) is 10.8. The summed E-state index contributed by atoms with van der Waals surface area (Å²) in [6.45, 7) is 7.31. The Kier molecular flexibility index (Phi) is 4.45. The Balaban J connectivity index is 2.72. The number of carbonyl (C=O) groups is 1. The molecule has 0 saturated carbocycles. The van der Waals surface area contributed by atoms with Crippen molar-refractivity contribution in [3.05, 3.63) is 39.7 Å². The lowest BCUT2D eigenvalue weighted by atomic mass is 9.82. The summed E-state index contributed by atoms with van der Waals surface area (Å²) in [6.07, 6.45) is 0. The fraction of sp³-hybridized carbons (Fsp3) is 0.438.